The third-order valence-corrected chi connectivity index (χ3v) is 4.16. The zero-order chi connectivity index (χ0) is 11.5. The maximum Gasteiger partial charge on any atom is 0.0828 e. The molecule has 1 unspecified atom stereocenters. The first-order valence-electron chi connectivity index (χ1n) is 6.24. The number of likely N-dealkylation sites (N-methyl/N-ethyl adjacent to an activating group) is 1. The molecule has 0 saturated heterocycles. The van der Waals surface area contributed by atoms with Crippen molar-refractivity contribution >= 4 is 0 Å². The highest BCUT2D eigenvalue weighted by Crippen LogP contribution is 2.43. The fraction of sp³-hybridized carbons (Fsp3) is 1.00. The molecular formula is C13H27NO. The lowest BCUT2D eigenvalue weighted by Gasteiger charge is -2.46. The molecule has 1 saturated carbocycles. The van der Waals surface area contributed by atoms with Crippen molar-refractivity contribution < 1.29 is 4.74 Å². The van der Waals surface area contributed by atoms with Crippen LogP contribution in [0.15, 0.2) is 0 Å². The average molecular weight is 213 g/mol. The standard InChI is InChI=1S/C13H27NO/c1-6-14-11(2)13(15-5)9-7-12(3,4)8-10-13/h11,14H,6-10H2,1-5H3. The Morgan fingerprint density at radius 1 is 1.20 bits per heavy atom. The van der Waals surface area contributed by atoms with Gasteiger partial charge in [-0.25, -0.2) is 0 Å². The SMILES string of the molecule is CCNC(C)C1(OC)CCC(C)(C)CC1. The lowest BCUT2D eigenvalue weighted by atomic mass is 9.68. The van der Waals surface area contributed by atoms with E-state index in [0.717, 1.165) is 6.54 Å². The van der Waals surface area contributed by atoms with Gasteiger partial charge in [-0.1, -0.05) is 20.8 Å². The van der Waals surface area contributed by atoms with Gasteiger partial charge in [0.25, 0.3) is 0 Å². The van der Waals surface area contributed by atoms with Crippen molar-refractivity contribution in [2.75, 3.05) is 13.7 Å². The maximum atomic E-state index is 5.82. The Labute approximate surface area is 94.8 Å². The zero-order valence-electron chi connectivity index (χ0n) is 11.0. The molecule has 0 aromatic heterocycles. The lowest BCUT2D eigenvalue weighted by Crippen LogP contribution is -2.53. The van der Waals surface area contributed by atoms with Gasteiger partial charge in [-0.2, -0.15) is 0 Å². The first-order chi connectivity index (χ1) is 6.96. The van der Waals surface area contributed by atoms with Crippen LogP contribution in [0.3, 0.4) is 0 Å². The molecule has 15 heavy (non-hydrogen) atoms. The molecule has 0 spiro atoms. The molecule has 0 aromatic rings. The second-order valence-electron chi connectivity index (χ2n) is 5.71. The fourth-order valence-electron chi connectivity index (χ4n) is 2.66. The van der Waals surface area contributed by atoms with Gasteiger partial charge in [0.15, 0.2) is 0 Å². The van der Waals surface area contributed by atoms with Crippen molar-refractivity contribution in [3.8, 4) is 0 Å². The Morgan fingerprint density at radius 3 is 2.13 bits per heavy atom. The summed E-state index contributed by atoms with van der Waals surface area (Å²) in [5, 5.41) is 3.51. The normalized spacial score (nSPS) is 26.2. The Bertz CT molecular complexity index is 191. The monoisotopic (exact) mass is 213 g/mol. The Kier molecular flexibility index (Phi) is 4.19. The molecule has 2 nitrogen and oxygen atoms in total. The van der Waals surface area contributed by atoms with Gasteiger partial charge in [0.2, 0.25) is 0 Å². The summed E-state index contributed by atoms with van der Waals surface area (Å²) in [6.07, 6.45) is 4.92. The van der Waals surface area contributed by atoms with Crippen LogP contribution in [0, 0.1) is 5.41 Å². The Morgan fingerprint density at radius 2 is 1.73 bits per heavy atom. The predicted octanol–water partition coefficient (Wildman–Crippen LogP) is 2.97. The van der Waals surface area contributed by atoms with Crippen molar-refractivity contribution in [3.05, 3.63) is 0 Å². The van der Waals surface area contributed by atoms with E-state index < -0.39 is 0 Å². The molecule has 1 rings (SSSR count). The molecule has 90 valence electrons. The number of hydrogen-bond acceptors (Lipinski definition) is 2. The second-order valence-corrected chi connectivity index (χ2v) is 5.71. The van der Waals surface area contributed by atoms with E-state index in [1.165, 1.54) is 25.7 Å². The minimum absolute atomic E-state index is 0.0749. The number of ether oxygens (including phenoxy) is 1. The van der Waals surface area contributed by atoms with Crippen molar-refractivity contribution in [3.63, 3.8) is 0 Å². The number of methoxy groups -OCH3 is 1. The van der Waals surface area contributed by atoms with Crippen molar-refractivity contribution in [2.45, 2.75) is 65.0 Å². The summed E-state index contributed by atoms with van der Waals surface area (Å²) >= 11 is 0. The number of hydrogen-bond donors (Lipinski definition) is 1. The molecule has 0 bridgehead atoms. The van der Waals surface area contributed by atoms with Gasteiger partial charge in [-0.15, -0.1) is 0 Å². The van der Waals surface area contributed by atoms with Crippen LogP contribution in [-0.2, 0) is 4.74 Å². The van der Waals surface area contributed by atoms with Crippen LogP contribution in [0.4, 0.5) is 0 Å². The Balaban J connectivity index is 2.63. The summed E-state index contributed by atoms with van der Waals surface area (Å²) < 4.78 is 5.82. The van der Waals surface area contributed by atoms with Gasteiger partial charge >= 0.3 is 0 Å². The van der Waals surface area contributed by atoms with Crippen LogP contribution in [0.2, 0.25) is 0 Å². The minimum atomic E-state index is 0.0749. The highest BCUT2D eigenvalue weighted by Gasteiger charge is 2.41. The van der Waals surface area contributed by atoms with Gasteiger partial charge in [-0.05, 0) is 44.6 Å². The summed E-state index contributed by atoms with van der Waals surface area (Å²) in [6, 6.07) is 0.462. The molecule has 0 amide bonds. The molecule has 2 heteroatoms. The van der Waals surface area contributed by atoms with Crippen LogP contribution >= 0.6 is 0 Å². The van der Waals surface area contributed by atoms with Crippen LogP contribution in [0.1, 0.15) is 53.4 Å². The van der Waals surface area contributed by atoms with Crippen molar-refractivity contribution in [1.82, 2.24) is 5.32 Å². The second kappa shape index (κ2) is 4.84. The van der Waals surface area contributed by atoms with E-state index in [2.05, 4.69) is 33.0 Å². The highest BCUT2D eigenvalue weighted by atomic mass is 16.5. The molecule has 1 atom stereocenters. The summed E-state index contributed by atoms with van der Waals surface area (Å²) in [7, 11) is 1.87. The van der Waals surface area contributed by atoms with E-state index in [9.17, 15) is 0 Å². The number of rotatable bonds is 4. The third-order valence-electron chi connectivity index (χ3n) is 4.16. The van der Waals surface area contributed by atoms with E-state index in [1.54, 1.807) is 0 Å². The minimum Gasteiger partial charge on any atom is -0.377 e. The van der Waals surface area contributed by atoms with E-state index in [0.29, 0.717) is 11.5 Å². The quantitative estimate of drug-likeness (QED) is 0.775. The molecule has 1 aliphatic rings. The molecule has 0 radical (unpaired) electrons. The van der Waals surface area contributed by atoms with Crippen molar-refractivity contribution in [1.29, 1.82) is 0 Å². The maximum absolute atomic E-state index is 5.82. The van der Waals surface area contributed by atoms with E-state index in [-0.39, 0.29) is 5.60 Å². The van der Waals surface area contributed by atoms with Crippen LogP contribution in [-0.4, -0.2) is 25.3 Å². The molecule has 0 aliphatic heterocycles. The van der Waals surface area contributed by atoms with Crippen LogP contribution in [0.5, 0.6) is 0 Å². The molecule has 1 aliphatic carbocycles. The van der Waals surface area contributed by atoms with E-state index in [1.807, 2.05) is 7.11 Å². The zero-order valence-corrected chi connectivity index (χ0v) is 11.0. The van der Waals surface area contributed by atoms with Crippen LogP contribution in [0.25, 0.3) is 0 Å². The summed E-state index contributed by atoms with van der Waals surface area (Å²) in [4.78, 5) is 0. The summed E-state index contributed by atoms with van der Waals surface area (Å²) in [6.45, 7) is 10.2. The topological polar surface area (TPSA) is 21.3 Å². The Hall–Kier alpha value is -0.0800. The average Bonchev–Trinajstić information content (AvgIpc) is 2.19. The van der Waals surface area contributed by atoms with Gasteiger partial charge < -0.3 is 10.1 Å². The third kappa shape index (κ3) is 2.94. The molecule has 1 fully saturated rings. The van der Waals surface area contributed by atoms with E-state index >= 15 is 0 Å². The van der Waals surface area contributed by atoms with E-state index in [4.69, 9.17) is 4.74 Å². The van der Waals surface area contributed by atoms with Gasteiger partial charge in [-0.3, -0.25) is 0 Å². The first-order valence-corrected chi connectivity index (χ1v) is 6.24. The number of nitrogens with one attached hydrogen (secondary N) is 1. The molecule has 1 N–H and O–H groups in total. The predicted molar refractivity (Wildman–Crippen MR) is 65.1 cm³/mol. The van der Waals surface area contributed by atoms with Crippen LogP contribution < -0.4 is 5.32 Å². The van der Waals surface area contributed by atoms with Gasteiger partial charge in [0, 0.05) is 13.2 Å². The molecular weight excluding hydrogens is 186 g/mol. The highest BCUT2D eigenvalue weighted by molar-refractivity contribution is 4.96. The van der Waals surface area contributed by atoms with Gasteiger partial charge in [0.1, 0.15) is 0 Å². The van der Waals surface area contributed by atoms with Gasteiger partial charge in [0.05, 0.1) is 5.60 Å². The fourth-order valence-corrected chi connectivity index (χ4v) is 2.66. The lowest BCUT2D eigenvalue weighted by molar-refractivity contribution is -0.0819. The molecule has 0 heterocycles. The smallest absolute Gasteiger partial charge is 0.0828 e. The molecule has 0 aromatic carbocycles. The summed E-state index contributed by atoms with van der Waals surface area (Å²) in [5.41, 5.74) is 0.583. The summed E-state index contributed by atoms with van der Waals surface area (Å²) in [5.74, 6) is 0. The first kappa shape index (κ1) is 13.0. The van der Waals surface area contributed by atoms with Crippen molar-refractivity contribution in [2.24, 2.45) is 5.41 Å². The largest absolute Gasteiger partial charge is 0.377 e.